The van der Waals surface area contributed by atoms with Gasteiger partial charge in [0.2, 0.25) is 17.7 Å². The summed E-state index contributed by atoms with van der Waals surface area (Å²) in [5.74, 6) is -2.04. The Morgan fingerprint density at radius 3 is 2.65 bits per heavy atom. The highest BCUT2D eigenvalue weighted by molar-refractivity contribution is 8.00. The van der Waals surface area contributed by atoms with Crippen molar-refractivity contribution < 1.29 is 24.3 Å². The number of hydrogen-bond acceptors (Lipinski definition) is 5. The molecule has 1 aliphatic heterocycles. The molecular weight excluding hydrogens is 284 g/mol. The molecule has 0 radical (unpaired) electrons. The first-order valence-electron chi connectivity index (χ1n) is 6.32. The van der Waals surface area contributed by atoms with Gasteiger partial charge in [-0.3, -0.25) is 19.3 Å². The van der Waals surface area contributed by atoms with Crippen molar-refractivity contribution in [2.45, 2.75) is 38.0 Å². The zero-order chi connectivity index (χ0) is 15.3. The van der Waals surface area contributed by atoms with Gasteiger partial charge in [-0.1, -0.05) is 6.92 Å². The molecule has 2 N–H and O–H groups in total. The highest BCUT2D eigenvalue weighted by Gasteiger charge is 2.38. The lowest BCUT2D eigenvalue weighted by atomic mass is 10.3. The largest absolute Gasteiger partial charge is 0.480 e. The van der Waals surface area contributed by atoms with E-state index in [1.165, 1.54) is 11.8 Å². The van der Waals surface area contributed by atoms with E-state index >= 15 is 0 Å². The van der Waals surface area contributed by atoms with Crippen LogP contribution in [0.5, 0.6) is 0 Å². The lowest BCUT2D eigenvalue weighted by Crippen LogP contribution is -2.42. The van der Waals surface area contributed by atoms with Crippen LogP contribution in [0.2, 0.25) is 0 Å². The van der Waals surface area contributed by atoms with Gasteiger partial charge in [0.15, 0.2) is 0 Å². The molecule has 0 bridgehead atoms. The summed E-state index contributed by atoms with van der Waals surface area (Å²) in [6, 6.07) is -1.05. The van der Waals surface area contributed by atoms with E-state index < -0.39 is 23.2 Å². The third-order valence-corrected chi connectivity index (χ3v) is 4.09. The Balaban J connectivity index is 2.56. The summed E-state index contributed by atoms with van der Waals surface area (Å²) in [7, 11) is 0. The maximum atomic E-state index is 12.0. The highest BCUT2D eigenvalue weighted by Crippen LogP contribution is 2.25. The number of nitrogens with zero attached hydrogens (tertiary/aromatic N) is 1. The van der Waals surface area contributed by atoms with E-state index in [0.29, 0.717) is 13.0 Å². The van der Waals surface area contributed by atoms with Crippen LogP contribution in [0.15, 0.2) is 0 Å². The maximum Gasteiger partial charge on any atom is 0.327 e. The fraction of sp³-hybridized carbons (Fsp3) is 0.667. The van der Waals surface area contributed by atoms with Gasteiger partial charge in [0.05, 0.1) is 5.25 Å². The van der Waals surface area contributed by atoms with E-state index in [-0.39, 0.29) is 24.0 Å². The van der Waals surface area contributed by atoms with E-state index in [4.69, 9.17) is 5.11 Å². The van der Waals surface area contributed by atoms with Crippen LogP contribution in [0.1, 0.15) is 26.7 Å². The Morgan fingerprint density at radius 1 is 1.50 bits per heavy atom. The van der Waals surface area contributed by atoms with Crippen molar-refractivity contribution in [2.24, 2.45) is 0 Å². The molecule has 1 heterocycles. The molecule has 1 fully saturated rings. The molecule has 0 aromatic carbocycles. The summed E-state index contributed by atoms with van der Waals surface area (Å²) < 4.78 is 0. The van der Waals surface area contributed by atoms with Crippen LogP contribution in [0, 0.1) is 0 Å². The molecule has 0 aromatic heterocycles. The van der Waals surface area contributed by atoms with Gasteiger partial charge in [0.25, 0.3) is 0 Å². The van der Waals surface area contributed by atoms with Gasteiger partial charge in [-0.25, -0.2) is 4.79 Å². The Labute approximate surface area is 121 Å². The third-order valence-electron chi connectivity index (χ3n) is 2.79. The Kier molecular flexibility index (Phi) is 6.00. The molecule has 1 aliphatic rings. The minimum Gasteiger partial charge on any atom is -0.480 e. The molecule has 1 saturated heterocycles. The molecule has 2 atom stereocenters. The summed E-state index contributed by atoms with van der Waals surface area (Å²) in [6.07, 6.45) is 0.786. The third kappa shape index (κ3) is 4.22. The Hall–Kier alpha value is -1.57. The van der Waals surface area contributed by atoms with Crippen molar-refractivity contribution in [1.82, 2.24) is 10.2 Å². The monoisotopic (exact) mass is 302 g/mol. The number of likely N-dealkylation sites (tertiary alicyclic amines) is 1. The lowest BCUT2D eigenvalue weighted by Gasteiger charge is -2.16. The zero-order valence-corrected chi connectivity index (χ0v) is 12.2. The standard InChI is InChI=1S/C12H18N2O5S/c1-3-4-14-10(16)5-9(11(14)17)20-6-8(12(18)19)13-7(2)15/h8-9H,3-6H2,1-2H3,(H,13,15)(H,18,19)/t8-,9?/m0/s1. The molecule has 0 spiro atoms. The SMILES string of the molecule is CCCN1C(=O)CC(SC[C@H](NC(C)=O)C(=O)O)C1=O. The van der Waals surface area contributed by atoms with Crippen LogP contribution in [-0.2, 0) is 19.2 Å². The fourth-order valence-corrected chi connectivity index (χ4v) is 3.05. The van der Waals surface area contributed by atoms with Crippen LogP contribution in [0.4, 0.5) is 0 Å². The minimum absolute atomic E-state index is 0.0541. The van der Waals surface area contributed by atoms with Crippen LogP contribution in [-0.4, -0.2) is 57.3 Å². The topological polar surface area (TPSA) is 104 Å². The zero-order valence-electron chi connectivity index (χ0n) is 11.4. The second-order valence-electron chi connectivity index (χ2n) is 4.50. The molecule has 20 heavy (non-hydrogen) atoms. The van der Waals surface area contributed by atoms with Crippen molar-refractivity contribution in [3.8, 4) is 0 Å². The van der Waals surface area contributed by atoms with Gasteiger partial charge in [-0.2, -0.15) is 0 Å². The van der Waals surface area contributed by atoms with Gasteiger partial charge in [0, 0.05) is 25.6 Å². The van der Waals surface area contributed by atoms with E-state index in [2.05, 4.69) is 5.32 Å². The van der Waals surface area contributed by atoms with Crippen molar-refractivity contribution in [3.05, 3.63) is 0 Å². The first-order chi connectivity index (χ1) is 9.36. The predicted molar refractivity (Wildman–Crippen MR) is 73.1 cm³/mol. The summed E-state index contributed by atoms with van der Waals surface area (Å²) in [4.78, 5) is 46.7. The number of aliphatic carboxylic acids is 1. The molecule has 1 unspecified atom stereocenters. The number of imide groups is 1. The van der Waals surface area contributed by atoms with Gasteiger partial charge in [-0.15, -0.1) is 11.8 Å². The minimum atomic E-state index is -1.16. The normalized spacial score (nSPS) is 20.1. The second-order valence-corrected chi connectivity index (χ2v) is 5.74. The van der Waals surface area contributed by atoms with E-state index in [1.807, 2.05) is 6.92 Å². The fourth-order valence-electron chi connectivity index (χ4n) is 1.87. The summed E-state index contributed by atoms with van der Waals surface area (Å²) in [5.41, 5.74) is 0. The molecule has 0 aromatic rings. The number of carbonyl (C=O) groups excluding carboxylic acids is 3. The van der Waals surface area contributed by atoms with Crippen molar-refractivity contribution in [1.29, 1.82) is 0 Å². The predicted octanol–water partition coefficient (Wildman–Crippen LogP) is -0.154. The number of rotatable bonds is 7. The average molecular weight is 302 g/mol. The van der Waals surface area contributed by atoms with Crippen LogP contribution < -0.4 is 5.32 Å². The number of amides is 3. The van der Waals surface area contributed by atoms with Crippen molar-refractivity contribution in [2.75, 3.05) is 12.3 Å². The first kappa shape index (κ1) is 16.5. The second kappa shape index (κ2) is 7.28. The van der Waals surface area contributed by atoms with Crippen LogP contribution in [0.25, 0.3) is 0 Å². The Morgan fingerprint density at radius 2 is 2.15 bits per heavy atom. The summed E-state index contributed by atoms with van der Waals surface area (Å²) in [6.45, 7) is 3.49. The van der Waals surface area contributed by atoms with Gasteiger partial charge in [0.1, 0.15) is 6.04 Å². The van der Waals surface area contributed by atoms with Crippen LogP contribution in [0.3, 0.4) is 0 Å². The molecule has 1 rings (SSSR count). The number of nitrogens with one attached hydrogen (secondary N) is 1. The van der Waals surface area contributed by atoms with Gasteiger partial charge < -0.3 is 10.4 Å². The highest BCUT2D eigenvalue weighted by atomic mass is 32.2. The van der Waals surface area contributed by atoms with Crippen LogP contribution >= 0.6 is 11.8 Å². The lowest BCUT2D eigenvalue weighted by molar-refractivity contribution is -0.141. The number of carbonyl (C=O) groups is 4. The average Bonchev–Trinajstić information content (AvgIpc) is 2.62. The molecule has 112 valence electrons. The molecular formula is C12H18N2O5S. The van der Waals surface area contributed by atoms with E-state index in [1.54, 1.807) is 0 Å². The van der Waals surface area contributed by atoms with Crippen molar-refractivity contribution >= 4 is 35.5 Å². The van der Waals surface area contributed by atoms with Crippen molar-refractivity contribution in [3.63, 3.8) is 0 Å². The maximum absolute atomic E-state index is 12.0. The first-order valence-corrected chi connectivity index (χ1v) is 7.37. The van der Waals surface area contributed by atoms with E-state index in [0.717, 1.165) is 11.8 Å². The number of thioether (sulfide) groups is 1. The number of carboxylic acids is 1. The quantitative estimate of drug-likeness (QED) is 0.634. The molecule has 7 nitrogen and oxygen atoms in total. The number of carboxylic acid groups (broad SMARTS) is 1. The smallest absolute Gasteiger partial charge is 0.327 e. The molecule has 0 saturated carbocycles. The molecule has 0 aliphatic carbocycles. The van der Waals surface area contributed by atoms with Gasteiger partial charge in [-0.05, 0) is 6.42 Å². The molecule has 8 heteroatoms. The van der Waals surface area contributed by atoms with E-state index in [9.17, 15) is 19.2 Å². The summed E-state index contributed by atoms with van der Waals surface area (Å²) >= 11 is 1.10. The number of hydrogen-bond donors (Lipinski definition) is 2. The van der Waals surface area contributed by atoms with Gasteiger partial charge >= 0.3 is 5.97 Å². The summed E-state index contributed by atoms with van der Waals surface area (Å²) in [5, 5.41) is 10.7. The Bertz CT molecular complexity index is 426. The molecule has 3 amide bonds.